The Morgan fingerprint density at radius 1 is 1.39 bits per heavy atom. The number of benzene rings is 1. The molecule has 1 amide bonds. The van der Waals surface area contributed by atoms with Gasteiger partial charge in [0.05, 0.1) is 0 Å². The van der Waals surface area contributed by atoms with Gasteiger partial charge in [0, 0.05) is 30.0 Å². The number of piperidine rings is 1. The van der Waals surface area contributed by atoms with Crippen LogP contribution in [-0.4, -0.2) is 31.6 Å². The second kappa shape index (κ2) is 6.75. The highest BCUT2D eigenvalue weighted by molar-refractivity contribution is 9.10. The van der Waals surface area contributed by atoms with Gasteiger partial charge in [0.1, 0.15) is 12.4 Å². The molecule has 2 rings (SSSR count). The fraction of sp³-hybridized carbons (Fsp3) is 0.462. The van der Waals surface area contributed by atoms with Gasteiger partial charge in [0.2, 0.25) is 5.91 Å². The Labute approximate surface area is 115 Å². The smallest absolute Gasteiger partial charge is 0.220 e. The van der Waals surface area contributed by atoms with E-state index < -0.39 is 0 Å². The van der Waals surface area contributed by atoms with Crippen molar-refractivity contribution in [2.75, 3.05) is 19.7 Å². The topological polar surface area (TPSA) is 50.4 Å². The third-order valence-electron chi connectivity index (χ3n) is 2.88. The number of rotatable bonds is 5. The second-order valence-corrected chi connectivity index (χ2v) is 5.21. The van der Waals surface area contributed by atoms with Crippen LogP contribution in [-0.2, 0) is 4.79 Å². The number of carbonyl (C=O) groups excluding carboxylic acids is 1. The minimum absolute atomic E-state index is 0.152. The summed E-state index contributed by atoms with van der Waals surface area (Å²) in [6.07, 6.45) is 1.52. The lowest BCUT2D eigenvalue weighted by Gasteiger charge is -2.23. The maximum atomic E-state index is 11.0. The van der Waals surface area contributed by atoms with Crippen LogP contribution in [0.25, 0.3) is 0 Å². The predicted molar refractivity (Wildman–Crippen MR) is 73.7 cm³/mol. The second-order valence-electron chi connectivity index (χ2n) is 4.30. The molecule has 0 spiro atoms. The summed E-state index contributed by atoms with van der Waals surface area (Å²) in [4.78, 5) is 11.0. The first-order chi connectivity index (χ1) is 8.74. The van der Waals surface area contributed by atoms with Crippen molar-refractivity contribution in [3.8, 4) is 5.75 Å². The molecule has 18 heavy (non-hydrogen) atoms. The molecule has 1 unspecified atom stereocenters. The zero-order chi connectivity index (χ0) is 12.8. The summed E-state index contributed by atoms with van der Waals surface area (Å²) in [6, 6.07) is 8.16. The van der Waals surface area contributed by atoms with E-state index in [4.69, 9.17) is 4.74 Å². The van der Waals surface area contributed by atoms with E-state index in [0.717, 1.165) is 29.7 Å². The van der Waals surface area contributed by atoms with Crippen molar-refractivity contribution in [3.63, 3.8) is 0 Å². The van der Waals surface area contributed by atoms with E-state index >= 15 is 0 Å². The third kappa shape index (κ3) is 4.31. The fourth-order valence-electron chi connectivity index (χ4n) is 1.87. The highest BCUT2D eigenvalue weighted by Gasteiger charge is 2.16. The van der Waals surface area contributed by atoms with Crippen molar-refractivity contribution < 1.29 is 9.53 Å². The maximum Gasteiger partial charge on any atom is 0.220 e. The first-order valence-electron chi connectivity index (χ1n) is 6.12. The Kier molecular flexibility index (Phi) is 5.01. The van der Waals surface area contributed by atoms with E-state index in [1.165, 1.54) is 0 Å². The number of amides is 1. The summed E-state index contributed by atoms with van der Waals surface area (Å²) in [5, 5.41) is 6.22. The van der Waals surface area contributed by atoms with Gasteiger partial charge in [0.25, 0.3) is 0 Å². The highest BCUT2D eigenvalue weighted by atomic mass is 79.9. The standard InChI is InChI=1S/C13H17BrN2O2/c14-10-1-4-12(5-2-10)18-8-7-15-11-3-6-13(17)16-9-11/h1-2,4-5,11,15H,3,6-9H2,(H,16,17). The molecule has 1 aliphatic heterocycles. The highest BCUT2D eigenvalue weighted by Crippen LogP contribution is 2.15. The Morgan fingerprint density at radius 2 is 2.17 bits per heavy atom. The Bertz CT molecular complexity index is 384. The maximum absolute atomic E-state index is 11.0. The molecule has 98 valence electrons. The number of hydrogen-bond donors (Lipinski definition) is 2. The van der Waals surface area contributed by atoms with Gasteiger partial charge in [-0.3, -0.25) is 4.79 Å². The van der Waals surface area contributed by atoms with Crippen LogP contribution in [0.3, 0.4) is 0 Å². The molecule has 0 saturated carbocycles. The molecule has 0 radical (unpaired) electrons. The largest absolute Gasteiger partial charge is 0.492 e. The molecule has 1 saturated heterocycles. The van der Waals surface area contributed by atoms with Gasteiger partial charge in [-0.15, -0.1) is 0 Å². The monoisotopic (exact) mass is 312 g/mol. The number of halogens is 1. The average Bonchev–Trinajstić information content (AvgIpc) is 2.39. The number of hydrogen-bond acceptors (Lipinski definition) is 3. The van der Waals surface area contributed by atoms with Crippen molar-refractivity contribution in [3.05, 3.63) is 28.7 Å². The zero-order valence-corrected chi connectivity index (χ0v) is 11.7. The summed E-state index contributed by atoms with van der Waals surface area (Å²) in [5.74, 6) is 1.02. The minimum Gasteiger partial charge on any atom is -0.492 e. The first kappa shape index (κ1) is 13.4. The van der Waals surface area contributed by atoms with Crippen LogP contribution in [0.1, 0.15) is 12.8 Å². The molecule has 0 aromatic heterocycles. The summed E-state index contributed by atoms with van der Waals surface area (Å²) < 4.78 is 6.65. The summed E-state index contributed by atoms with van der Waals surface area (Å²) in [5.41, 5.74) is 0. The van der Waals surface area contributed by atoms with Crippen LogP contribution >= 0.6 is 15.9 Å². The van der Waals surface area contributed by atoms with Crippen LogP contribution in [0.15, 0.2) is 28.7 Å². The lowest BCUT2D eigenvalue weighted by molar-refractivity contribution is -0.122. The van der Waals surface area contributed by atoms with Gasteiger partial charge < -0.3 is 15.4 Å². The van der Waals surface area contributed by atoms with Crippen LogP contribution < -0.4 is 15.4 Å². The first-order valence-corrected chi connectivity index (χ1v) is 6.92. The quantitative estimate of drug-likeness (QED) is 0.814. The Balaban J connectivity index is 1.61. The van der Waals surface area contributed by atoms with Crippen LogP contribution in [0.5, 0.6) is 5.75 Å². The number of carbonyl (C=O) groups is 1. The van der Waals surface area contributed by atoms with Crippen LogP contribution in [0.4, 0.5) is 0 Å². The van der Waals surface area contributed by atoms with Gasteiger partial charge in [-0.25, -0.2) is 0 Å². The van der Waals surface area contributed by atoms with Gasteiger partial charge in [0.15, 0.2) is 0 Å². The number of ether oxygens (including phenoxy) is 1. The van der Waals surface area contributed by atoms with Crippen molar-refractivity contribution in [1.82, 2.24) is 10.6 Å². The lowest BCUT2D eigenvalue weighted by atomic mass is 10.1. The molecule has 1 aromatic carbocycles. The molecule has 1 heterocycles. The summed E-state index contributed by atoms with van der Waals surface area (Å²) in [7, 11) is 0. The van der Waals surface area contributed by atoms with Gasteiger partial charge in [-0.05, 0) is 30.7 Å². The molecule has 0 bridgehead atoms. The predicted octanol–water partition coefficient (Wildman–Crippen LogP) is 1.70. The number of nitrogens with one attached hydrogen (secondary N) is 2. The van der Waals surface area contributed by atoms with E-state index in [0.29, 0.717) is 19.1 Å². The molecule has 1 fully saturated rings. The molecule has 4 nitrogen and oxygen atoms in total. The molecular weight excluding hydrogens is 296 g/mol. The van der Waals surface area contributed by atoms with Gasteiger partial charge >= 0.3 is 0 Å². The van der Waals surface area contributed by atoms with Gasteiger partial charge in [-0.1, -0.05) is 15.9 Å². The van der Waals surface area contributed by atoms with E-state index in [1.54, 1.807) is 0 Å². The Hall–Kier alpha value is -1.07. The van der Waals surface area contributed by atoms with E-state index in [2.05, 4.69) is 26.6 Å². The lowest BCUT2D eigenvalue weighted by Crippen LogP contribution is -2.46. The normalized spacial score (nSPS) is 19.4. The van der Waals surface area contributed by atoms with Gasteiger partial charge in [-0.2, -0.15) is 0 Å². The molecule has 0 aliphatic carbocycles. The summed E-state index contributed by atoms with van der Waals surface area (Å²) >= 11 is 3.38. The summed E-state index contributed by atoms with van der Waals surface area (Å²) in [6.45, 7) is 2.14. The van der Waals surface area contributed by atoms with E-state index in [9.17, 15) is 4.79 Å². The van der Waals surface area contributed by atoms with Crippen LogP contribution in [0.2, 0.25) is 0 Å². The zero-order valence-electron chi connectivity index (χ0n) is 10.1. The molecule has 1 aromatic rings. The average molecular weight is 313 g/mol. The molecule has 2 N–H and O–H groups in total. The molecule has 1 aliphatic rings. The van der Waals surface area contributed by atoms with Crippen molar-refractivity contribution in [2.45, 2.75) is 18.9 Å². The van der Waals surface area contributed by atoms with E-state index in [-0.39, 0.29) is 5.91 Å². The third-order valence-corrected chi connectivity index (χ3v) is 3.41. The van der Waals surface area contributed by atoms with Crippen molar-refractivity contribution in [1.29, 1.82) is 0 Å². The SMILES string of the molecule is O=C1CCC(NCCOc2ccc(Br)cc2)CN1. The molecule has 5 heteroatoms. The minimum atomic E-state index is 0.152. The fourth-order valence-corrected chi connectivity index (χ4v) is 2.13. The van der Waals surface area contributed by atoms with Crippen molar-refractivity contribution >= 4 is 21.8 Å². The molecular formula is C13H17BrN2O2. The van der Waals surface area contributed by atoms with E-state index in [1.807, 2.05) is 24.3 Å². The Morgan fingerprint density at radius 3 is 2.83 bits per heavy atom. The van der Waals surface area contributed by atoms with Crippen molar-refractivity contribution in [2.24, 2.45) is 0 Å². The van der Waals surface area contributed by atoms with Crippen LogP contribution in [0, 0.1) is 0 Å². The molecule has 1 atom stereocenters.